The summed E-state index contributed by atoms with van der Waals surface area (Å²) in [6.07, 6.45) is 2.43. The molecule has 0 unspecified atom stereocenters. The molecule has 0 amide bonds. The highest BCUT2D eigenvalue weighted by atomic mass is 31.2. The molecule has 0 spiro atoms. The fourth-order valence-electron chi connectivity index (χ4n) is 4.62. The van der Waals surface area contributed by atoms with Gasteiger partial charge >= 0.3 is 13.3 Å². The minimum atomic E-state index is -5.52. The van der Waals surface area contributed by atoms with Gasteiger partial charge in [0.1, 0.15) is 17.9 Å². The summed E-state index contributed by atoms with van der Waals surface area (Å²) >= 11 is 0. The third-order valence-corrected chi connectivity index (χ3v) is 7.90. The van der Waals surface area contributed by atoms with Crippen LogP contribution in [0.1, 0.15) is 27.8 Å². The number of nitrogen functional groups attached to an aromatic ring is 1. The first-order chi connectivity index (χ1) is 19.0. The number of rotatable bonds is 9. The van der Waals surface area contributed by atoms with Crippen LogP contribution in [0.3, 0.4) is 0 Å². The molecule has 0 saturated carbocycles. The molecule has 206 valence electrons. The molecule has 3 aromatic carbocycles. The number of halogens is 2. The summed E-state index contributed by atoms with van der Waals surface area (Å²) in [5.41, 5.74) is 7.83. The monoisotopic (exact) mass is 563 g/mol. The van der Waals surface area contributed by atoms with Gasteiger partial charge in [-0.05, 0) is 71.8 Å². The van der Waals surface area contributed by atoms with Crippen LogP contribution in [0.15, 0.2) is 79.0 Å². The highest BCUT2D eigenvalue weighted by Crippen LogP contribution is 2.54. The van der Waals surface area contributed by atoms with Gasteiger partial charge in [0.05, 0.1) is 5.52 Å². The van der Waals surface area contributed by atoms with E-state index in [0.29, 0.717) is 17.1 Å². The smallest absolute Gasteiger partial charge is 0.394 e. The number of benzene rings is 3. The van der Waals surface area contributed by atoms with Gasteiger partial charge < -0.3 is 20.3 Å². The molecule has 10 heteroatoms. The summed E-state index contributed by atoms with van der Waals surface area (Å²) in [4.78, 5) is 26.7. The van der Waals surface area contributed by atoms with Gasteiger partial charge in [-0.3, -0.25) is 9.55 Å². The molecule has 5 aromatic rings. The van der Waals surface area contributed by atoms with Crippen molar-refractivity contribution in [1.29, 1.82) is 0 Å². The second-order valence-corrected chi connectivity index (χ2v) is 11.6. The summed E-state index contributed by atoms with van der Waals surface area (Å²) < 4.78 is 44.1. The van der Waals surface area contributed by atoms with Gasteiger partial charge in [-0.1, -0.05) is 48.5 Å². The van der Waals surface area contributed by atoms with Crippen molar-refractivity contribution in [3.63, 3.8) is 0 Å². The molecule has 40 heavy (non-hydrogen) atoms. The Labute approximate surface area is 229 Å². The number of para-hydroxylation sites is 1. The van der Waals surface area contributed by atoms with E-state index < -0.39 is 19.7 Å². The van der Waals surface area contributed by atoms with Gasteiger partial charge in [0.25, 0.3) is 0 Å². The minimum absolute atomic E-state index is 0.132. The maximum atomic E-state index is 13.6. The average molecular weight is 564 g/mol. The Bertz CT molecular complexity index is 1740. The molecule has 0 fully saturated rings. The number of alkyl halides is 2. The van der Waals surface area contributed by atoms with Crippen LogP contribution in [-0.4, -0.2) is 25.4 Å². The van der Waals surface area contributed by atoms with E-state index in [0.717, 1.165) is 45.8 Å². The van der Waals surface area contributed by atoms with Gasteiger partial charge in [0.15, 0.2) is 5.82 Å². The molecular formula is C30H28F2N3O4P. The van der Waals surface area contributed by atoms with Crippen molar-refractivity contribution < 1.29 is 27.9 Å². The van der Waals surface area contributed by atoms with E-state index in [4.69, 9.17) is 20.3 Å². The molecule has 0 aliphatic carbocycles. The van der Waals surface area contributed by atoms with Crippen molar-refractivity contribution in [1.82, 2.24) is 9.97 Å². The zero-order chi connectivity index (χ0) is 28.5. The Morgan fingerprint density at radius 3 is 2.38 bits per heavy atom. The van der Waals surface area contributed by atoms with Crippen LogP contribution in [0, 0.1) is 6.92 Å². The lowest BCUT2D eigenvalue weighted by molar-refractivity contribution is 0.0594. The number of anilines is 1. The Kier molecular flexibility index (Phi) is 7.55. The topological polar surface area (TPSA) is 119 Å². The Morgan fingerprint density at radius 2 is 1.65 bits per heavy atom. The summed E-state index contributed by atoms with van der Waals surface area (Å²) in [7, 11) is -5.52. The van der Waals surface area contributed by atoms with E-state index in [1.807, 2.05) is 55.6 Å². The van der Waals surface area contributed by atoms with Crippen LogP contribution in [0.4, 0.5) is 14.6 Å². The Balaban J connectivity index is 1.21. The molecule has 0 aliphatic heterocycles. The second kappa shape index (κ2) is 10.9. The molecular weight excluding hydrogens is 535 g/mol. The Morgan fingerprint density at radius 1 is 0.925 bits per heavy atom. The van der Waals surface area contributed by atoms with Crippen LogP contribution in [0.2, 0.25) is 0 Å². The molecule has 0 bridgehead atoms. The molecule has 5 rings (SSSR count). The number of pyridine rings is 2. The number of nitrogens with zero attached hydrogens (tertiary/aromatic N) is 2. The van der Waals surface area contributed by atoms with E-state index in [9.17, 15) is 13.3 Å². The number of hydrogen-bond donors (Lipinski definition) is 3. The average Bonchev–Trinajstić information content (AvgIpc) is 2.91. The number of fused-ring (bicyclic) bond motifs is 3. The van der Waals surface area contributed by atoms with Gasteiger partial charge in [-0.2, -0.15) is 8.78 Å². The molecule has 0 radical (unpaired) electrons. The summed E-state index contributed by atoms with van der Waals surface area (Å²) in [5.74, 6) is 1.10. The predicted octanol–water partition coefficient (Wildman–Crippen LogP) is 6.35. The molecule has 0 atom stereocenters. The molecule has 0 saturated heterocycles. The van der Waals surface area contributed by atoms with E-state index in [1.165, 1.54) is 17.7 Å². The van der Waals surface area contributed by atoms with E-state index in [1.54, 1.807) is 12.1 Å². The lowest BCUT2D eigenvalue weighted by Gasteiger charge is -2.17. The van der Waals surface area contributed by atoms with Crippen molar-refractivity contribution in [2.45, 2.75) is 38.5 Å². The normalized spacial score (nSPS) is 12.2. The highest BCUT2D eigenvalue weighted by Gasteiger charge is 2.48. The summed E-state index contributed by atoms with van der Waals surface area (Å²) in [5, 5.41) is 2.01. The van der Waals surface area contributed by atoms with Crippen molar-refractivity contribution in [2.75, 3.05) is 5.73 Å². The largest absolute Gasteiger partial charge is 0.489 e. The first-order valence-electron chi connectivity index (χ1n) is 12.7. The predicted molar refractivity (Wildman–Crippen MR) is 152 cm³/mol. The third kappa shape index (κ3) is 5.97. The first kappa shape index (κ1) is 27.6. The van der Waals surface area contributed by atoms with Gasteiger partial charge in [0.2, 0.25) is 0 Å². The summed E-state index contributed by atoms with van der Waals surface area (Å²) in [6.45, 7) is 2.25. The molecule has 0 aliphatic rings. The number of aryl methyl sites for hydroxylation is 3. The molecule has 2 aromatic heterocycles. The number of aromatic nitrogens is 2. The van der Waals surface area contributed by atoms with Crippen molar-refractivity contribution in [2.24, 2.45) is 0 Å². The van der Waals surface area contributed by atoms with Crippen LogP contribution in [0.25, 0.3) is 21.8 Å². The van der Waals surface area contributed by atoms with E-state index >= 15 is 0 Å². The standard InChI is InChI=1S/C30H28F2N3O4P/c1-19-14-24(39-18-21-8-6-20(7-9-21)16-30(31,32)40(36,37)38)13-12-23(19)11-10-22-15-26-25-4-2-3-5-27(25)35-29(33)28(26)34-17-22/h2-9,12-15,17H,10-11,16,18H2,1H3,(H2,33,35)(H2,36,37,38). The van der Waals surface area contributed by atoms with Crippen LogP contribution in [-0.2, 0) is 30.4 Å². The van der Waals surface area contributed by atoms with Gasteiger partial charge in [-0.25, -0.2) is 4.98 Å². The quantitative estimate of drug-likeness (QED) is 0.141. The SMILES string of the molecule is Cc1cc(OCc2ccc(CC(F)(F)P(=O)(O)O)cc2)ccc1CCc1cnc2c(N)nc3ccccc3c2c1. The minimum Gasteiger partial charge on any atom is -0.489 e. The van der Waals surface area contributed by atoms with E-state index in [-0.39, 0.29) is 12.2 Å². The second-order valence-electron chi connectivity index (χ2n) is 9.83. The zero-order valence-corrected chi connectivity index (χ0v) is 22.6. The van der Waals surface area contributed by atoms with E-state index in [2.05, 4.69) is 16.0 Å². The van der Waals surface area contributed by atoms with Crippen molar-refractivity contribution in [3.05, 3.63) is 107 Å². The number of hydrogen-bond acceptors (Lipinski definition) is 5. The third-order valence-electron chi connectivity index (χ3n) is 6.89. The maximum Gasteiger partial charge on any atom is 0.394 e. The van der Waals surface area contributed by atoms with Crippen LogP contribution < -0.4 is 10.5 Å². The Hall–Kier alpha value is -3.91. The van der Waals surface area contributed by atoms with Crippen molar-refractivity contribution >= 4 is 35.2 Å². The lowest BCUT2D eigenvalue weighted by atomic mass is 9.99. The van der Waals surface area contributed by atoms with Crippen LogP contribution >= 0.6 is 7.60 Å². The molecule has 2 heterocycles. The molecule has 4 N–H and O–H groups in total. The number of nitrogens with two attached hydrogens (primary N) is 1. The van der Waals surface area contributed by atoms with Gasteiger partial charge in [0, 0.05) is 23.4 Å². The van der Waals surface area contributed by atoms with Crippen LogP contribution in [0.5, 0.6) is 5.75 Å². The highest BCUT2D eigenvalue weighted by molar-refractivity contribution is 7.53. The molecule has 7 nitrogen and oxygen atoms in total. The number of ether oxygens (including phenoxy) is 1. The summed E-state index contributed by atoms with van der Waals surface area (Å²) in [6, 6.07) is 22.0. The lowest BCUT2D eigenvalue weighted by Crippen LogP contribution is -2.19. The zero-order valence-electron chi connectivity index (χ0n) is 21.7. The van der Waals surface area contributed by atoms with Crippen molar-refractivity contribution in [3.8, 4) is 5.75 Å². The van der Waals surface area contributed by atoms with Gasteiger partial charge in [-0.15, -0.1) is 0 Å². The maximum absolute atomic E-state index is 13.6. The fraction of sp³-hybridized carbons (Fsp3) is 0.200. The fourth-order valence-corrected chi connectivity index (χ4v) is 5.01. The first-order valence-corrected chi connectivity index (χ1v) is 14.3.